The molecule has 0 saturated heterocycles. The molecule has 162 valence electrons. The molecule has 4 rings (SSSR count). The summed E-state index contributed by atoms with van der Waals surface area (Å²) in [5, 5.41) is 3.83. The van der Waals surface area contributed by atoms with Crippen molar-refractivity contribution >= 4 is 0 Å². The van der Waals surface area contributed by atoms with Crippen LogP contribution in [0.5, 0.6) is 0 Å². The van der Waals surface area contributed by atoms with Crippen molar-refractivity contribution in [1.82, 2.24) is 5.32 Å². The van der Waals surface area contributed by atoms with Crippen molar-refractivity contribution < 1.29 is 0 Å². The Kier molecular flexibility index (Phi) is 6.28. The summed E-state index contributed by atoms with van der Waals surface area (Å²) >= 11 is 0. The lowest BCUT2D eigenvalue weighted by Gasteiger charge is -2.44. The Bertz CT molecular complexity index is 846. The number of hydrogen-bond acceptors (Lipinski definition) is 1. The molecule has 4 aliphatic rings. The molecule has 1 fully saturated rings. The Balaban J connectivity index is 1.65. The molecule has 0 spiro atoms. The second-order valence-electron chi connectivity index (χ2n) is 10.9. The molecular weight excluding hydrogens is 362 g/mol. The first-order valence-corrected chi connectivity index (χ1v) is 12.3. The Morgan fingerprint density at radius 2 is 1.87 bits per heavy atom. The van der Waals surface area contributed by atoms with Crippen molar-refractivity contribution in [2.45, 2.75) is 79.6 Å². The van der Waals surface area contributed by atoms with E-state index in [4.69, 9.17) is 0 Å². The van der Waals surface area contributed by atoms with Gasteiger partial charge >= 0.3 is 0 Å². The lowest BCUT2D eigenvalue weighted by molar-refractivity contribution is 0.136. The zero-order chi connectivity index (χ0) is 21.3. The van der Waals surface area contributed by atoms with Crippen LogP contribution in [-0.4, -0.2) is 0 Å². The molecular formula is C29H41N. The molecule has 1 heteroatoms. The number of rotatable bonds is 4. The van der Waals surface area contributed by atoms with Crippen LogP contribution in [0.4, 0.5) is 0 Å². The molecule has 0 aromatic rings. The normalized spacial score (nSPS) is 36.9. The minimum Gasteiger partial charge on any atom is -0.359 e. The van der Waals surface area contributed by atoms with Gasteiger partial charge in [-0.05, 0) is 90.4 Å². The van der Waals surface area contributed by atoms with Crippen LogP contribution in [0.15, 0.2) is 70.6 Å². The summed E-state index contributed by atoms with van der Waals surface area (Å²) in [6, 6.07) is 0. The average molecular weight is 404 g/mol. The van der Waals surface area contributed by atoms with E-state index in [1.807, 2.05) is 0 Å². The van der Waals surface area contributed by atoms with Gasteiger partial charge in [-0.1, -0.05) is 77.5 Å². The molecule has 0 aromatic carbocycles. The summed E-state index contributed by atoms with van der Waals surface area (Å²) in [5.41, 5.74) is 7.61. The van der Waals surface area contributed by atoms with Gasteiger partial charge in [-0.3, -0.25) is 0 Å². The summed E-state index contributed by atoms with van der Waals surface area (Å²) in [7, 11) is 0. The fraction of sp³-hybridized carbons (Fsp3) is 0.586. The zero-order valence-electron chi connectivity index (χ0n) is 19.8. The highest BCUT2D eigenvalue weighted by atomic mass is 14.9. The van der Waals surface area contributed by atoms with Gasteiger partial charge in [0, 0.05) is 11.4 Å². The van der Waals surface area contributed by atoms with Crippen LogP contribution in [0.25, 0.3) is 0 Å². The molecule has 1 saturated carbocycles. The largest absolute Gasteiger partial charge is 0.359 e. The Hall–Kier alpha value is -1.76. The number of nitrogens with one attached hydrogen (secondary N) is 1. The van der Waals surface area contributed by atoms with Crippen LogP contribution in [0, 0.1) is 29.1 Å². The number of hydrogen-bond donors (Lipinski definition) is 1. The second-order valence-corrected chi connectivity index (χ2v) is 10.9. The van der Waals surface area contributed by atoms with Gasteiger partial charge in [0.15, 0.2) is 0 Å². The summed E-state index contributed by atoms with van der Waals surface area (Å²) in [6.07, 6.45) is 25.6. The fourth-order valence-electron chi connectivity index (χ4n) is 5.97. The minimum atomic E-state index is 0.327. The first-order chi connectivity index (χ1) is 14.3. The summed E-state index contributed by atoms with van der Waals surface area (Å²) < 4.78 is 0. The molecule has 1 nitrogen and oxygen atoms in total. The van der Waals surface area contributed by atoms with E-state index in [-0.39, 0.29) is 0 Å². The monoisotopic (exact) mass is 403 g/mol. The van der Waals surface area contributed by atoms with Gasteiger partial charge in [0.1, 0.15) is 0 Å². The van der Waals surface area contributed by atoms with Crippen molar-refractivity contribution in [1.29, 1.82) is 0 Å². The average Bonchev–Trinajstić information content (AvgIpc) is 2.71. The maximum atomic E-state index is 3.83. The molecule has 0 heterocycles. The molecule has 4 aliphatic carbocycles. The van der Waals surface area contributed by atoms with E-state index in [0.29, 0.717) is 17.3 Å². The molecule has 0 bridgehead atoms. The molecule has 30 heavy (non-hydrogen) atoms. The summed E-state index contributed by atoms with van der Waals surface area (Å²) in [6.45, 7) is 12.1. The topological polar surface area (TPSA) is 12.0 Å². The molecule has 1 N–H and O–H groups in total. The van der Waals surface area contributed by atoms with Gasteiger partial charge in [-0.15, -0.1) is 0 Å². The van der Waals surface area contributed by atoms with Crippen molar-refractivity contribution in [2.75, 3.05) is 0 Å². The van der Waals surface area contributed by atoms with E-state index >= 15 is 0 Å². The van der Waals surface area contributed by atoms with E-state index < -0.39 is 0 Å². The van der Waals surface area contributed by atoms with Gasteiger partial charge in [0.25, 0.3) is 0 Å². The standard InChI is InChI=1S/C29H41N/c1-20-8-6-11-26(16-20)30-28-17-21(2)13-15-27(28)24-9-7-10-25(18-24)29(5)19-22(3)12-14-23(29)4/h6,10-11,13,15-16,18,20-23,30H,7-9,12,14,17,19H2,1-5H3/t20?,21?,22-,23?,29?/m0/s1. The minimum absolute atomic E-state index is 0.327. The van der Waals surface area contributed by atoms with E-state index in [0.717, 1.165) is 31.1 Å². The molecule has 0 aliphatic heterocycles. The Morgan fingerprint density at radius 1 is 1.03 bits per heavy atom. The van der Waals surface area contributed by atoms with E-state index in [2.05, 4.69) is 82.5 Å². The molecule has 0 radical (unpaired) electrons. The van der Waals surface area contributed by atoms with Crippen LogP contribution in [0.2, 0.25) is 0 Å². The molecule has 0 aromatic heterocycles. The van der Waals surface area contributed by atoms with Crippen LogP contribution in [0.3, 0.4) is 0 Å². The zero-order valence-corrected chi connectivity index (χ0v) is 19.8. The van der Waals surface area contributed by atoms with Crippen molar-refractivity contribution in [3.8, 4) is 0 Å². The fourth-order valence-corrected chi connectivity index (χ4v) is 5.97. The Morgan fingerprint density at radius 3 is 2.67 bits per heavy atom. The third-order valence-corrected chi connectivity index (χ3v) is 8.07. The van der Waals surface area contributed by atoms with Crippen molar-refractivity contribution in [3.05, 3.63) is 70.6 Å². The van der Waals surface area contributed by atoms with Crippen LogP contribution < -0.4 is 5.32 Å². The quantitative estimate of drug-likeness (QED) is 0.501. The molecule has 4 unspecified atom stereocenters. The molecule has 0 amide bonds. The first-order valence-electron chi connectivity index (χ1n) is 12.3. The van der Waals surface area contributed by atoms with Gasteiger partial charge in [-0.25, -0.2) is 0 Å². The van der Waals surface area contributed by atoms with E-state index in [9.17, 15) is 0 Å². The van der Waals surface area contributed by atoms with E-state index in [1.165, 1.54) is 42.7 Å². The lowest BCUT2D eigenvalue weighted by atomic mass is 9.60. The van der Waals surface area contributed by atoms with Crippen LogP contribution in [0.1, 0.15) is 79.6 Å². The predicted molar refractivity (Wildman–Crippen MR) is 130 cm³/mol. The second kappa shape index (κ2) is 8.77. The highest BCUT2D eigenvalue weighted by molar-refractivity contribution is 5.51. The first kappa shape index (κ1) is 21.5. The van der Waals surface area contributed by atoms with Gasteiger partial charge in [-0.2, -0.15) is 0 Å². The summed E-state index contributed by atoms with van der Waals surface area (Å²) in [4.78, 5) is 0. The lowest BCUT2D eigenvalue weighted by Crippen LogP contribution is -2.34. The molecule has 5 atom stereocenters. The highest BCUT2D eigenvalue weighted by Crippen LogP contribution is 2.50. The van der Waals surface area contributed by atoms with Crippen molar-refractivity contribution in [2.24, 2.45) is 29.1 Å². The SMILES string of the molecule is CC1C=C(NC2=C(C3=CC(C4(C)C[C@@H](C)CCC4C)=CCC3)C=CC(C)C2)C=CC1. The summed E-state index contributed by atoms with van der Waals surface area (Å²) in [5.74, 6) is 2.82. The third-order valence-electron chi connectivity index (χ3n) is 8.07. The smallest absolute Gasteiger partial charge is 0.0341 e. The number of allylic oxidation sites excluding steroid dienone is 11. The maximum absolute atomic E-state index is 3.83. The van der Waals surface area contributed by atoms with Gasteiger partial charge in [0.2, 0.25) is 0 Å². The van der Waals surface area contributed by atoms with Gasteiger partial charge < -0.3 is 5.32 Å². The third kappa shape index (κ3) is 4.46. The van der Waals surface area contributed by atoms with E-state index in [1.54, 1.807) is 11.1 Å². The predicted octanol–water partition coefficient (Wildman–Crippen LogP) is 8.02. The van der Waals surface area contributed by atoms with Gasteiger partial charge in [0.05, 0.1) is 0 Å². The Labute approximate surface area is 184 Å². The van der Waals surface area contributed by atoms with Crippen molar-refractivity contribution in [3.63, 3.8) is 0 Å². The highest BCUT2D eigenvalue weighted by Gasteiger charge is 2.39. The van der Waals surface area contributed by atoms with Crippen LogP contribution >= 0.6 is 0 Å². The maximum Gasteiger partial charge on any atom is 0.0341 e. The van der Waals surface area contributed by atoms with Crippen LogP contribution in [-0.2, 0) is 0 Å².